The van der Waals surface area contributed by atoms with Gasteiger partial charge in [0.2, 0.25) is 0 Å². The van der Waals surface area contributed by atoms with Crippen molar-refractivity contribution in [3.05, 3.63) is 46.8 Å². The second-order valence-electron chi connectivity index (χ2n) is 3.75. The number of amides is 1. The number of benzene rings is 2. The molecule has 0 fully saturated rings. The SMILES string of the molecule is CCOC(=O)Nc1cc2ccccc2cc1N=[N+]=[N-]. The monoisotopic (exact) mass is 256 g/mol. The number of anilines is 1. The van der Waals surface area contributed by atoms with Gasteiger partial charge in [0, 0.05) is 4.91 Å². The third kappa shape index (κ3) is 2.94. The lowest BCUT2D eigenvalue weighted by atomic mass is 10.1. The molecule has 2 aromatic carbocycles. The predicted octanol–water partition coefficient (Wildman–Crippen LogP) is 4.35. The van der Waals surface area contributed by atoms with E-state index < -0.39 is 6.09 Å². The third-order valence-electron chi connectivity index (χ3n) is 2.53. The fourth-order valence-electron chi connectivity index (χ4n) is 1.74. The molecule has 0 aromatic heterocycles. The maximum atomic E-state index is 11.4. The maximum absolute atomic E-state index is 11.4. The number of azide groups is 1. The lowest BCUT2D eigenvalue weighted by Crippen LogP contribution is -2.13. The van der Waals surface area contributed by atoms with E-state index in [0.717, 1.165) is 10.8 Å². The molecule has 0 aliphatic heterocycles. The van der Waals surface area contributed by atoms with E-state index in [-0.39, 0.29) is 6.61 Å². The van der Waals surface area contributed by atoms with Crippen LogP contribution >= 0.6 is 0 Å². The number of nitrogens with zero attached hydrogens (tertiary/aromatic N) is 3. The summed E-state index contributed by atoms with van der Waals surface area (Å²) in [6.45, 7) is 1.99. The van der Waals surface area contributed by atoms with Gasteiger partial charge in [0.05, 0.1) is 18.0 Å². The molecule has 6 nitrogen and oxygen atoms in total. The van der Waals surface area contributed by atoms with Gasteiger partial charge >= 0.3 is 6.09 Å². The Labute approximate surface area is 109 Å². The second-order valence-corrected chi connectivity index (χ2v) is 3.75. The summed E-state index contributed by atoms with van der Waals surface area (Å²) in [6.07, 6.45) is -0.577. The molecule has 96 valence electrons. The highest BCUT2D eigenvalue weighted by atomic mass is 16.5. The Balaban J connectivity index is 2.47. The van der Waals surface area contributed by atoms with Crippen molar-refractivity contribution in [3.63, 3.8) is 0 Å². The molecule has 0 saturated carbocycles. The van der Waals surface area contributed by atoms with Gasteiger partial charge in [-0.25, -0.2) is 4.79 Å². The van der Waals surface area contributed by atoms with Gasteiger partial charge in [0.1, 0.15) is 0 Å². The van der Waals surface area contributed by atoms with Gasteiger partial charge < -0.3 is 4.74 Å². The molecule has 0 unspecified atom stereocenters. The Kier molecular flexibility index (Phi) is 3.85. The Morgan fingerprint density at radius 1 is 1.37 bits per heavy atom. The van der Waals surface area contributed by atoms with Gasteiger partial charge in [-0.1, -0.05) is 29.4 Å². The van der Waals surface area contributed by atoms with Gasteiger partial charge in [0.25, 0.3) is 0 Å². The minimum absolute atomic E-state index is 0.274. The first-order valence-corrected chi connectivity index (χ1v) is 5.76. The van der Waals surface area contributed by atoms with Crippen LogP contribution in [0.3, 0.4) is 0 Å². The molecule has 0 aliphatic rings. The van der Waals surface area contributed by atoms with Crippen LogP contribution in [-0.4, -0.2) is 12.7 Å². The van der Waals surface area contributed by atoms with Crippen molar-refractivity contribution in [2.24, 2.45) is 5.11 Å². The van der Waals surface area contributed by atoms with Crippen LogP contribution in [0.4, 0.5) is 16.2 Å². The first kappa shape index (κ1) is 12.7. The summed E-state index contributed by atoms with van der Waals surface area (Å²) in [4.78, 5) is 14.2. The zero-order chi connectivity index (χ0) is 13.7. The molecule has 0 aliphatic carbocycles. The summed E-state index contributed by atoms with van der Waals surface area (Å²) in [5, 5.41) is 8.01. The molecule has 0 bridgehead atoms. The molecule has 0 atom stereocenters. The van der Waals surface area contributed by atoms with E-state index >= 15 is 0 Å². The number of hydrogen-bond acceptors (Lipinski definition) is 3. The zero-order valence-corrected chi connectivity index (χ0v) is 10.3. The van der Waals surface area contributed by atoms with Crippen molar-refractivity contribution in [3.8, 4) is 0 Å². The number of hydrogen-bond donors (Lipinski definition) is 1. The molecule has 0 heterocycles. The van der Waals surface area contributed by atoms with Crippen LogP contribution in [0.15, 0.2) is 41.5 Å². The smallest absolute Gasteiger partial charge is 0.411 e. The van der Waals surface area contributed by atoms with Gasteiger partial charge in [0.15, 0.2) is 0 Å². The number of carbonyl (C=O) groups is 1. The van der Waals surface area contributed by atoms with Crippen LogP contribution in [0.5, 0.6) is 0 Å². The Morgan fingerprint density at radius 2 is 2.05 bits per heavy atom. The maximum Gasteiger partial charge on any atom is 0.411 e. The lowest BCUT2D eigenvalue weighted by Gasteiger charge is -2.09. The van der Waals surface area contributed by atoms with E-state index in [1.165, 1.54) is 0 Å². The molecule has 2 aromatic rings. The minimum atomic E-state index is -0.577. The highest BCUT2D eigenvalue weighted by molar-refractivity contribution is 5.96. The zero-order valence-electron chi connectivity index (χ0n) is 10.3. The van der Waals surface area contributed by atoms with Crippen molar-refractivity contribution in [2.45, 2.75) is 6.92 Å². The molecule has 1 N–H and O–H groups in total. The molecular formula is C13H12N4O2. The summed E-state index contributed by atoms with van der Waals surface area (Å²) in [7, 11) is 0. The van der Waals surface area contributed by atoms with Crippen molar-refractivity contribution in [2.75, 3.05) is 11.9 Å². The fourth-order valence-corrected chi connectivity index (χ4v) is 1.74. The van der Waals surface area contributed by atoms with E-state index in [0.29, 0.717) is 11.4 Å². The van der Waals surface area contributed by atoms with E-state index in [1.54, 1.807) is 19.1 Å². The highest BCUT2D eigenvalue weighted by Crippen LogP contribution is 2.31. The summed E-state index contributed by atoms with van der Waals surface area (Å²) >= 11 is 0. The Hall–Kier alpha value is -2.72. The third-order valence-corrected chi connectivity index (χ3v) is 2.53. The second kappa shape index (κ2) is 5.75. The van der Waals surface area contributed by atoms with Gasteiger partial charge in [-0.2, -0.15) is 0 Å². The average Bonchev–Trinajstić information content (AvgIpc) is 2.40. The van der Waals surface area contributed by atoms with E-state index in [4.69, 9.17) is 10.3 Å². The molecule has 0 spiro atoms. The molecule has 19 heavy (non-hydrogen) atoms. The van der Waals surface area contributed by atoms with Crippen LogP contribution in [0.25, 0.3) is 21.2 Å². The van der Waals surface area contributed by atoms with Crippen molar-refractivity contribution in [1.29, 1.82) is 0 Å². The van der Waals surface area contributed by atoms with Gasteiger partial charge in [-0.15, -0.1) is 0 Å². The molecular weight excluding hydrogens is 244 g/mol. The summed E-state index contributed by atoms with van der Waals surface area (Å²) in [5.74, 6) is 0. The quantitative estimate of drug-likeness (QED) is 0.502. The summed E-state index contributed by atoms with van der Waals surface area (Å²) < 4.78 is 4.81. The average molecular weight is 256 g/mol. The van der Waals surface area contributed by atoms with Gasteiger partial charge in [-0.3, -0.25) is 5.32 Å². The van der Waals surface area contributed by atoms with E-state index in [2.05, 4.69) is 15.3 Å². The van der Waals surface area contributed by atoms with Gasteiger partial charge in [-0.05, 0) is 35.4 Å². The molecule has 1 amide bonds. The number of nitrogens with one attached hydrogen (secondary N) is 1. The van der Waals surface area contributed by atoms with E-state index in [9.17, 15) is 4.79 Å². The highest BCUT2D eigenvalue weighted by Gasteiger charge is 2.08. The van der Waals surface area contributed by atoms with E-state index in [1.807, 2.05) is 24.3 Å². The fraction of sp³-hybridized carbons (Fsp3) is 0.154. The summed E-state index contributed by atoms with van der Waals surface area (Å²) in [5.41, 5.74) is 9.35. The number of ether oxygens (including phenoxy) is 1. The molecule has 0 radical (unpaired) electrons. The van der Waals surface area contributed by atoms with Crippen molar-refractivity contribution in [1.82, 2.24) is 0 Å². The van der Waals surface area contributed by atoms with Crippen molar-refractivity contribution >= 4 is 28.2 Å². The number of rotatable bonds is 3. The molecule has 0 saturated heterocycles. The van der Waals surface area contributed by atoms with Crippen LogP contribution in [0.1, 0.15) is 6.92 Å². The largest absolute Gasteiger partial charge is 0.450 e. The first-order chi connectivity index (χ1) is 9.24. The van der Waals surface area contributed by atoms with Crippen LogP contribution in [0.2, 0.25) is 0 Å². The van der Waals surface area contributed by atoms with Crippen LogP contribution < -0.4 is 5.32 Å². The first-order valence-electron chi connectivity index (χ1n) is 5.76. The molecule has 2 rings (SSSR count). The standard InChI is InChI=1S/C13H12N4O2/c1-2-19-13(18)15-11-7-9-5-3-4-6-10(9)8-12(11)16-17-14/h3-8H,2H2,1H3,(H,15,18). The number of fused-ring (bicyclic) bond motifs is 1. The van der Waals surface area contributed by atoms with Crippen LogP contribution in [0, 0.1) is 0 Å². The number of carbonyl (C=O) groups excluding carboxylic acids is 1. The Morgan fingerprint density at radius 3 is 2.68 bits per heavy atom. The molecule has 6 heteroatoms. The normalized spacial score (nSPS) is 9.74. The Bertz CT molecular complexity index is 663. The minimum Gasteiger partial charge on any atom is -0.450 e. The summed E-state index contributed by atoms with van der Waals surface area (Å²) in [6, 6.07) is 11.1. The van der Waals surface area contributed by atoms with Crippen LogP contribution in [-0.2, 0) is 4.74 Å². The lowest BCUT2D eigenvalue weighted by molar-refractivity contribution is 0.168. The topological polar surface area (TPSA) is 87.1 Å². The predicted molar refractivity (Wildman–Crippen MR) is 73.4 cm³/mol. The van der Waals surface area contributed by atoms with Crippen molar-refractivity contribution < 1.29 is 9.53 Å².